The van der Waals surface area contributed by atoms with Gasteiger partial charge >= 0.3 is 0 Å². The molecule has 0 bridgehead atoms. The van der Waals surface area contributed by atoms with Gasteiger partial charge in [0.25, 0.3) is 0 Å². The second-order valence-electron chi connectivity index (χ2n) is 4.81. The number of hydrogen-bond donors (Lipinski definition) is 2. The lowest BCUT2D eigenvalue weighted by molar-refractivity contribution is 0.400. The van der Waals surface area contributed by atoms with Crippen LogP contribution in [0.3, 0.4) is 0 Å². The lowest BCUT2D eigenvalue weighted by Crippen LogP contribution is -2.54. The van der Waals surface area contributed by atoms with Crippen LogP contribution in [0.5, 0.6) is 11.5 Å². The molecule has 1 aliphatic heterocycles. The first-order valence-corrected chi connectivity index (χ1v) is 6.11. The van der Waals surface area contributed by atoms with Crippen LogP contribution in [0.25, 0.3) is 0 Å². The Labute approximate surface area is 117 Å². The van der Waals surface area contributed by atoms with Crippen molar-refractivity contribution in [3.05, 3.63) is 18.2 Å². The van der Waals surface area contributed by atoms with E-state index in [1.54, 1.807) is 25.2 Å². The molecular weight excluding hydrogens is 258 g/mol. The minimum atomic E-state index is -0.671. The Balaban J connectivity index is 2.58. The molecule has 2 rings (SSSR count). The zero-order valence-corrected chi connectivity index (χ0v) is 12.0. The summed E-state index contributed by atoms with van der Waals surface area (Å²) in [6.45, 7) is 3.78. The molecule has 1 aromatic carbocycles. The maximum absolute atomic E-state index is 6.01. The summed E-state index contributed by atoms with van der Waals surface area (Å²) < 4.78 is 10.6. The quantitative estimate of drug-likeness (QED) is 0.855. The third-order valence-electron chi connectivity index (χ3n) is 3.02. The number of nitrogens with zero attached hydrogens (tertiary/aromatic N) is 3. The molecular formula is C13H19N5O2. The maximum atomic E-state index is 6.01. The fourth-order valence-electron chi connectivity index (χ4n) is 2.19. The minimum absolute atomic E-state index is 0.158. The Kier molecular flexibility index (Phi) is 3.44. The molecule has 1 heterocycles. The zero-order chi connectivity index (χ0) is 14.9. The van der Waals surface area contributed by atoms with Gasteiger partial charge in [0.05, 0.1) is 19.9 Å². The van der Waals surface area contributed by atoms with Gasteiger partial charge in [-0.1, -0.05) is 0 Å². The number of rotatable bonds is 3. The highest BCUT2D eigenvalue weighted by atomic mass is 16.5. The molecule has 108 valence electrons. The summed E-state index contributed by atoms with van der Waals surface area (Å²) in [5.74, 6) is 1.75. The highest BCUT2D eigenvalue weighted by Gasteiger charge is 2.34. The Bertz CT molecular complexity index is 580. The van der Waals surface area contributed by atoms with Crippen molar-refractivity contribution in [1.29, 1.82) is 0 Å². The highest BCUT2D eigenvalue weighted by Crippen LogP contribution is 2.37. The molecule has 0 spiro atoms. The fourth-order valence-corrected chi connectivity index (χ4v) is 2.19. The molecule has 0 saturated heterocycles. The first kappa shape index (κ1) is 14.0. The van der Waals surface area contributed by atoms with Crippen molar-refractivity contribution >= 4 is 17.6 Å². The van der Waals surface area contributed by atoms with Gasteiger partial charge in [0, 0.05) is 6.07 Å². The minimum Gasteiger partial charge on any atom is -0.497 e. The van der Waals surface area contributed by atoms with E-state index in [0.29, 0.717) is 17.2 Å². The van der Waals surface area contributed by atoms with Gasteiger partial charge in [0.2, 0.25) is 11.9 Å². The number of guanidine groups is 2. The van der Waals surface area contributed by atoms with E-state index in [1.165, 1.54) is 0 Å². The van der Waals surface area contributed by atoms with Gasteiger partial charge in [-0.2, -0.15) is 4.99 Å². The van der Waals surface area contributed by atoms with Crippen molar-refractivity contribution < 1.29 is 9.47 Å². The smallest absolute Gasteiger partial charge is 0.220 e. The SMILES string of the molecule is COc1ccc(OC)c(N2C(N)=NC(N)=NC2(C)C)c1. The molecule has 1 aliphatic rings. The molecule has 0 aliphatic carbocycles. The number of nitrogens with two attached hydrogens (primary N) is 2. The first-order valence-electron chi connectivity index (χ1n) is 6.11. The van der Waals surface area contributed by atoms with E-state index in [9.17, 15) is 0 Å². The summed E-state index contributed by atoms with van der Waals surface area (Å²) in [6.07, 6.45) is 0. The predicted octanol–water partition coefficient (Wildman–Crippen LogP) is 0.889. The zero-order valence-electron chi connectivity index (χ0n) is 12.0. The van der Waals surface area contributed by atoms with Crippen LogP contribution >= 0.6 is 0 Å². The van der Waals surface area contributed by atoms with Crippen LogP contribution in [-0.2, 0) is 0 Å². The van der Waals surface area contributed by atoms with Gasteiger partial charge in [-0.05, 0) is 26.0 Å². The number of methoxy groups -OCH3 is 2. The molecule has 7 nitrogen and oxygen atoms in total. The topological polar surface area (TPSA) is 98.5 Å². The summed E-state index contributed by atoms with van der Waals surface area (Å²) >= 11 is 0. The van der Waals surface area contributed by atoms with Crippen LogP contribution < -0.4 is 25.8 Å². The number of hydrogen-bond acceptors (Lipinski definition) is 7. The van der Waals surface area contributed by atoms with Crippen LogP contribution in [0.4, 0.5) is 5.69 Å². The fraction of sp³-hybridized carbons (Fsp3) is 0.385. The van der Waals surface area contributed by atoms with Crippen LogP contribution in [0.15, 0.2) is 28.2 Å². The lowest BCUT2D eigenvalue weighted by atomic mass is 10.1. The monoisotopic (exact) mass is 277 g/mol. The van der Waals surface area contributed by atoms with Crippen molar-refractivity contribution in [2.45, 2.75) is 19.5 Å². The summed E-state index contributed by atoms with van der Waals surface area (Å²) in [6, 6.07) is 5.43. The van der Waals surface area contributed by atoms with Crippen molar-refractivity contribution in [3.8, 4) is 11.5 Å². The van der Waals surface area contributed by atoms with E-state index in [2.05, 4.69) is 9.98 Å². The third-order valence-corrected chi connectivity index (χ3v) is 3.02. The van der Waals surface area contributed by atoms with E-state index < -0.39 is 5.66 Å². The number of anilines is 1. The number of benzene rings is 1. The average molecular weight is 277 g/mol. The van der Waals surface area contributed by atoms with Crippen molar-refractivity contribution in [1.82, 2.24) is 0 Å². The molecule has 7 heteroatoms. The van der Waals surface area contributed by atoms with E-state index in [4.69, 9.17) is 20.9 Å². The van der Waals surface area contributed by atoms with Gasteiger partial charge in [-0.3, -0.25) is 4.90 Å². The van der Waals surface area contributed by atoms with Crippen molar-refractivity contribution in [3.63, 3.8) is 0 Å². The summed E-state index contributed by atoms with van der Waals surface area (Å²) in [4.78, 5) is 10.1. The summed E-state index contributed by atoms with van der Waals surface area (Å²) in [5, 5.41) is 0. The molecule has 0 aromatic heterocycles. The Morgan fingerprint density at radius 2 is 1.85 bits per heavy atom. The van der Waals surface area contributed by atoms with Gasteiger partial charge < -0.3 is 20.9 Å². The van der Waals surface area contributed by atoms with Crippen LogP contribution in [-0.4, -0.2) is 31.8 Å². The summed E-state index contributed by atoms with van der Waals surface area (Å²) in [7, 11) is 3.19. The van der Waals surface area contributed by atoms with E-state index in [0.717, 1.165) is 0 Å². The lowest BCUT2D eigenvalue weighted by Gasteiger charge is -2.39. The van der Waals surface area contributed by atoms with Crippen LogP contribution in [0.1, 0.15) is 13.8 Å². The molecule has 0 atom stereocenters. The Morgan fingerprint density at radius 3 is 2.40 bits per heavy atom. The van der Waals surface area contributed by atoms with E-state index in [1.807, 2.05) is 26.0 Å². The third kappa shape index (κ3) is 2.34. The second kappa shape index (κ2) is 4.92. The molecule has 20 heavy (non-hydrogen) atoms. The Hall–Kier alpha value is -2.44. The van der Waals surface area contributed by atoms with E-state index in [-0.39, 0.29) is 11.9 Å². The number of aliphatic imine (C=N–C) groups is 2. The first-order chi connectivity index (χ1) is 9.39. The van der Waals surface area contributed by atoms with Crippen LogP contribution in [0, 0.1) is 0 Å². The maximum Gasteiger partial charge on any atom is 0.220 e. The van der Waals surface area contributed by atoms with Crippen LogP contribution in [0.2, 0.25) is 0 Å². The molecule has 1 aromatic rings. The molecule has 0 amide bonds. The highest BCUT2D eigenvalue weighted by molar-refractivity contribution is 6.06. The Morgan fingerprint density at radius 1 is 1.15 bits per heavy atom. The normalized spacial score (nSPS) is 17.3. The predicted molar refractivity (Wildman–Crippen MR) is 79.3 cm³/mol. The van der Waals surface area contributed by atoms with Gasteiger partial charge in [0.15, 0.2) is 0 Å². The standard InChI is InChI=1S/C13H19N5O2/c1-13(2)17-11(14)16-12(15)18(13)9-7-8(19-3)5-6-10(9)20-4/h5-7H,1-4H3,(H4,14,15,16,17). The van der Waals surface area contributed by atoms with Gasteiger partial charge in [0.1, 0.15) is 17.2 Å². The largest absolute Gasteiger partial charge is 0.497 e. The molecule has 0 saturated carbocycles. The second-order valence-corrected chi connectivity index (χ2v) is 4.81. The molecule has 4 N–H and O–H groups in total. The molecule has 0 fully saturated rings. The summed E-state index contributed by atoms with van der Waals surface area (Å²) in [5.41, 5.74) is 11.7. The van der Waals surface area contributed by atoms with Crippen molar-refractivity contribution in [2.75, 3.05) is 19.1 Å². The average Bonchev–Trinajstić information content (AvgIpc) is 2.36. The molecule has 0 unspecified atom stereocenters. The number of ether oxygens (including phenoxy) is 2. The molecule has 0 radical (unpaired) electrons. The van der Waals surface area contributed by atoms with Gasteiger partial charge in [-0.15, -0.1) is 0 Å². The van der Waals surface area contributed by atoms with Gasteiger partial charge in [-0.25, -0.2) is 4.99 Å². The van der Waals surface area contributed by atoms with E-state index >= 15 is 0 Å². The van der Waals surface area contributed by atoms with Crippen molar-refractivity contribution in [2.24, 2.45) is 21.5 Å².